The fraction of sp³-hybridized carbons (Fsp3) is 0.417. The third-order valence-electron chi connectivity index (χ3n) is 2.39. The van der Waals surface area contributed by atoms with Gasteiger partial charge in [-0.3, -0.25) is 4.90 Å². The van der Waals surface area contributed by atoms with Gasteiger partial charge in [0.05, 0.1) is 4.99 Å². The topological polar surface area (TPSA) is 49.5 Å². The van der Waals surface area contributed by atoms with Crippen LogP contribution in [0.1, 0.15) is 19.4 Å². The van der Waals surface area contributed by atoms with E-state index >= 15 is 0 Å². The lowest BCUT2D eigenvalue weighted by Gasteiger charge is -2.25. The fourth-order valence-corrected chi connectivity index (χ4v) is 1.68. The quantitative estimate of drug-likeness (QED) is 0.769. The van der Waals surface area contributed by atoms with Crippen molar-refractivity contribution in [2.75, 3.05) is 6.54 Å². The third kappa shape index (κ3) is 4.16. The number of benzene rings is 1. The van der Waals surface area contributed by atoms with E-state index in [-0.39, 0.29) is 5.75 Å². The molecule has 0 saturated carbocycles. The molecule has 16 heavy (non-hydrogen) atoms. The van der Waals surface area contributed by atoms with Crippen molar-refractivity contribution in [1.29, 1.82) is 0 Å². The Morgan fingerprint density at radius 2 is 2.19 bits per heavy atom. The van der Waals surface area contributed by atoms with Gasteiger partial charge in [0.1, 0.15) is 5.75 Å². The van der Waals surface area contributed by atoms with E-state index in [4.69, 9.17) is 18.0 Å². The van der Waals surface area contributed by atoms with Gasteiger partial charge in [0.25, 0.3) is 0 Å². The molecule has 1 rings (SSSR count). The summed E-state index contributed by atoms with van der Waals surface area (Å²) >= 11 is 4.92. The van der Waals surface area contributed by atoms with Crippen LogP contribution in [-0.2, 0) is 6.54 Å². The standard InChI is InChI=1S/C12H18N2OS/c1-9(2)14(8-12(13)16)7-10-4-3-5-11(15)6-10/h3-6,9,15H,7-8H2,1-2H3,(H2,13,16). The monoisotopic (exact) mass is 238 g/mol. The zero-order valence-electron chi connectivity index (χ0n) is 9.68. The van der Waals surface area contributed by atoms with Crippen molar-refractivity contribution in [3.05, 3.63) is 29.8 Å². The molecule has 0 unspecified atom stereocenters. The molecular weight excluding hydrogens is 220 g/mol. The number of thiocarbonyl (C=S) groups is 1. The highest BCUT2D eigenvalue weighted by molar-refractivity contribution is 7.80. The van der Waals surface area contributed by atoms with Gasteiger partial charge < -0.3 is 10.8 Å². The molecule has 0 atom stereocenters. The summed E-state index contributed by atoms with van der Waals surface area (Å²) in [7, 11) is 0. The predicted molar refractivity (Wildman–Crippen MR) is 70.4 cm³/mol. The van der Waals surface area contributed by atoms with Crippen molar-refractivity contribution >= 4 is 17.2 Å². The van der Waals surface area contributed by atoms with Gasteiger partial charge >= 0.3 is 0 Å². The van der Waals surface area contributed by atoms with E-state index < -0.39 is 0 Å². The number of rotatable bonds is 5. The van der Waals surface area contributed by atoms with Gasteiger partial charge in [0.15, 0.2) is 0 Å². The maximum atomic E-state index is 9.38. The minimum atomic E-state index is 0.288. The summed E-state index contributed by atoms with van der Waals surface area (Å²) in [5, 5.41) is 9.38. The summed E-state index contributed by atoms with van der Waals surface area (Å²) < 4.78 is 0. The van der Waals surface area contributed by atoms with Gasteiger partial charge in [0, 0.05) is 19.1 Å². The molecule has 0 bridgehead atoms. The molecule has 4 heteroatoms. The number of nitrogens with two attached hydrogens (primary N) is 1. The lowest BCUT2D eigenvalue weighted by Crippen LogP contribution is -2.37. The van der Waals surface area contributed by atoms with Crippen molar-refractivity contribution in [2.45, 2.75) is 26.4 Å². The Kier molecular flexibility index (Phi) is 4.71. The van der Waals surface area contributed by atoms with Crippen molar-refractivity contribution in [1.82, 2.24) is 4.90 Å². The van der Waals surface area contributed by atoms with Crippen molar-refractivity contribution in [3.8, 4) is 5.75 Å². The number of phenolic OH excluding ortho intramolecular Hbond substituents is 1. The first-order valence-corrected chi connectivity index (χ1v) is 5.70. The van der Waals surface area contributed by atoms with Crippen LogP contribution in [0.15, 0.2) is 24.3 Å². The van der Waals surface area contributed by atoms with Crippen LogP contribution in [-0.4, -0.2) is 27.6 Å². The molecule has 0 radical (unpaired) electrons. The molecule has 3 N–H and O–H groups in total. The second-order valence-corrected chi connectivity index (χ2v) is 4.66. The number of nitrogens with zero attached hydrogens (tertiary/aromatic N) is 1. The Labute approximate surface area is 102 Å². The van der Waals surface area contributed by atoms with Crippen LogP contribution < -0.4 is 5.73 Å². The van der Waals surface area contributed by atoms with Crippen LogP contribution >= 0.6 is 12.2 Å². The molecular formula is C12H18N2OS. The first-order chi connectivity index (χ1) is 7.49. The van der Waals surface area contributed by atoms with E-state index in [2.05, 4.69) is 18.7 Å². The highest BCUT2D eigenvalue weighted by Crippen LogP contribution is 2.14. The van der Waals surface area contributed by atoms with Crippen molar-refractivity contribution < 1.29 is 5.11 Å². The number of hydrogen-bond donors (Lipinski definition) is 2. The molecule has 0 aliphatic heterocycles. The molecule has 3 nitrogen and oxygen atoms in total. The van der Waals surface area contributed by atoms with E-state index in [1.165, 1.54) is 0 Å². The lowest BCUT2D eigenvalue weighted by molar-refractivity contribution is 0.245. The largest absolute Gasteiger partial charge is 0.508 e. The Morgan fingerprint density at radius 1 is 1.50 bits per heavy atom. The van der Waals surface area contributed by atoms with E-state index in [1.54, 1.807) is 12.1 Å². The highest BCUT2D eigenvalue weighted by Gasteiger charge is 2.11. The van der Waals surface area contributed by atoms with Crippen LogP contribution in [0.3, 0.4) is 0 Å². The van der Waals surface area contributed by atoms with Crippen LogP contribution in [0, 0.1) is 0 Å². The van der Waals surface area contributed by atoms with Crippen molar-refractivity contribution in [3.63, 3.8) is 0 Å². The Balaban J connectivity index is 2.71. The molecule has 0 spiro atoms. The molecule has 0 aliphatic carbocycles. The fourth-order valence-electron chi connectivity index (χ4n) is 1.51. The van der Waals surface area contributed by atoms with Gasteiger partial charge in [0.2, 0.25) is 0 Å². The van der Waals surface area contributed by atoms with E-state index in [0.29, 0.717) is 17.6 Å². The van der Waals surface area contributed by atoms with Crippen LogP contribution in [0.4, 0.5) is 0 Å². The first-order valence-electron chi connectivity index (χ1n) is 5.29. The third-order valence-corrected chi connectivity index (χ3v) is 2.51. The van der Waals surface area contributed by atoms with Gasteiger partial charge in [-0.15, -0.1) is 0 Å². The zero-order chi connectivity index (χ0) is 12.1. The maximum absolute atomic E-state index is 9.38. The zero-order valence-corrected chi connectivity index (χ0v) is 10.5. The van der Waals surface area contributed by atoms with Crippen molar-refractivity contribution in [2.24, 2.45) is 5.73 Å². The molecule has 88 valence electrons. The van der Waals surface area contributed by atoms with Gasteiger partial charge in [-0.25, -0.2) is 0 Å². The molecule has 0 fully saturated rings. The molecule has 0 aliphatic rings. The summed E-state index contributed by atoms with van der Waals surface area (Å²) in [6.07, 6.45) is 0. The average Bonchev–Trinajstić information content (AvgIpc) is 2.15. The predicted octanol–water partition coefficient (Wildman–Crippen LogP) is 1.89. The smallest absolute Gasteiger partial charge is 0.115 e. The minimum Gasteiger partial charge on any atom is -0.508 e. The summed E-state index contributed by atoms with van der Waals surface area (Å²) in [6, 6.07) is 7.61. The van der Waals surface area contributed by atoms with Gasteiger partial charge in [-0.2, -0.15) is 0 Å². The van der Waals surface area contributed by atoms with Gasteiger partial charge in [-0.1, -0.05) is 24.4 Å². The number of aromatic hydroxyl groups is 1. The Hall–Kier alpha value is -1.13. The summed E-state index contributed by atoms with van der Waals surface area (Å²) in [6.45, 7) is 5.54. The molecule has 0 heterocycles. The molecule has 1 aromatic rings. The van der Waals surface area contributed by atoms with E-state index in [0.717, 1.165) is 12.1 Å². The molecule has 0 amide bonds. The first kappa shape index (κ1) is 12.9. The normalized spacial score (nSPS) is 11.0. The van der Waals surface area contributed by atoms with Gasteiger partial charge in [-0.05, 0) is 31.5 Å². The molecule has 1 aromatic carbocycles. The minimum absolute atomic E-state index is 0.288. The SMILES string of the molecule is CC(C)N(CC(N)=S)Cc1cccc(O)c1. The second kappa shape index (κ2) is 5.82. The maximum Gasteiger partial charge on any atom is 0.115 e. The van der Waals surface area contributed by atoms with Crippen LogP contribution in [0.2, 0.25) is 0 Å². The van der Waals surface area contributed by atoms with Crippen LogP contribution in [0.25, 0.3) is 0 Å². The van der Waals surface area contributed by atoms with E-state index in [9.17, 15) is 5.11 Å². The van der Waals surface area contributed by atoms with E-state index in [1.807, 2.05) is 12.1 Å². The average molecular weight is 238 g/mol. The summed E-state index contributed by atoms with van der Waals surface area (Å²) in [5.74, 6) is 0.288. The molecule has 0 aromatic heterocycles. The van der Waals surface area contributed by atoms with Crippen LogP contribution in [0.5, 0.6) is 5.75 Å². The summed E-state index contributed by atoms with van der Waals surface area (Å²) in [5.41, 5.74) is 6.62. The Bertz CT molecular complexity index is 366. The Morgan fingerprint density at radius 3 is 2.69 bits per heavy atom. The molecule has 0 saturated heterocycles. The number of phenols is 1. The summed E-state index contributed by atoms with van der Waals surface area (Å²) in [4.78, 5) is 2.66. The highest BCUT2D eigenvalue weighted by atomic mass is 32.1. The lowest BCUT2D eigenvalue weighted by atomic mass is 10.2. The number of hydrogen-bond acceptors (Lipinski definition) is 3. The second-order valence-electron chi connectivity index (χ2n) is 4.13.